The van der Waals surface area contributed by atoms with Gasteiger partial charge in [0, 0.05) is 6.42 Å². The second-order valence-corrected chi connectivity index (χ2v) is 4.66. The summed E-state index contributed by atoms with van der Waals surface area (Å²) in [5, 5.41) is 9.00. The van der Waals surface area contributed by atoms with E-state index >= 15 is 0 Å². The van der Waals surface area contributed by atoms with Gasteiger partial charge in [-0.05, 0) is 28.5 Å². The molecule has 0 saturated carbocycles. The standard InChI is InChI=1S/C13H16O5/c1-2-4-11(5-3-1)6-7-13(12-10-14-12)8-9-15-17-18-16-13/h1-5,12H,6-10H2. The number of epoxide rings is 1. The maximum atomic E-state index is 5.38. The number of hydrogen-bond acceptors (Lipinski definition) is 5. The van der Waals surface area contributed by atoms with Gasteiger partial charge in [0.05, 0.1) is 13.2 Å². The van der Waals surface area contributed by atoms with Crippen LogP contribution >= 0.6 is 0 Å². The minimum Gasteiger partial charge on any atom is -0.370 e. The summed E-state index contributed by atoms with van der Waals surface area (Å²) in [6.45, 7) is 1.15. The van der Waals surface area contributed by atoms with Gasteiger partial charge < -0.3 is 4.74 Å². The molecule has 2 fully saturated rings. The summed E-state index contributed by atoms with van der Waals surface area (Å²) in [6, 6.07) is 10.3. The minimum atomic E-state index is -0.466. The van der Waals surface area contributed by atoms with Crippen LogP contribution in [-0.4, -0.2) is 24.9 Å². The Balaban J connectivity index is 1.66. The molecule has 2 saturated heterocycles. The van der Waals surface area contributed by atoms with Crippen LogP contribution in [0.4, 0.5) is 0 Å². The molecule has 2 aliphatic rings. The average molecular weight is 252 g/mol. The number of benzene rings is 1. The van der Waals surface area contributed by atoms with E-state index in [4.69, 9.17) is 14.5 Å². The maximum Gasteiger partial charge on any atom is 0.138 e. The van der Waals surface area contributed by atoms with E-state index in [1.807, 2.05) is 18.2 Å². The molecule has 18 heavy (non-hydrogen) atoms. The molecule has 2 atom stereocenters. The normalized spacial score (nSPS) is 31.9. The van der Waals surface area contributed by atoms with Crippen molar-refractivity contribution in [3.63, 3.8) is 0 Å². The molecule has 3 rings (SSSR count). The molecule has 2 unspecified atom stereocenters. The van der Waals surface area contributed by atoms with Crippen molar-refractivity contribution in [2.75, 3.05) is 13.2 Å². The topological polar surface area (TPSA) is 49.5 Å². The van der Waals surface area contributed by atoms with Crippen molar-refractivity contribution in [3.8, 4) is 0 Å². The smallest absolute Gasteiger partial charge is 0.138 e. The van der Waals surface area contributed by atoms with Crippen LogP contribution in [0.3, 0.4) is 0 Å². The second kappa shape index (κ2) is 5.34. The van der Waals surface area contributed by atoms with Gasteiger partial charge in [0.1, 0.15) is 11.7 Å². The van der Waals surface area contributed by atoms with Gasteiger partial charge in [-0.1, -0.05) is 30.3 Å². The van der Waals surface area contributed by atoms with E-state index in [2.05, 4.69) is 22.2 Å². The monoisotopic (exact) mass is 252 g/mol. The van der Waals surface area contributed by atoms with Gasteiger partial charge in [-0.25, -0.2) is 4.89 Å². The number of rotatable bonds is 4. The van der Waals surface area contributed by atoms with Crippen LogP contribution in [0, 0.1) is 0 Å². The third-order valence-electron chi connectivity index (χ3n) is 3.48. The number of aryl methyl sites for hydroxylation is 1. The molecular weight excluding hydrogens is 236 g/mol. The first kappa shape index (κ1) is 12.1. The van der Waals surface area contributed by atoms with Crippen LogP contribution < -0.4 is 0 Å². The van der Waals surface area contributed by atoms with Gasteiger partial charge in [0.2, 0.25) is 0 Å². The molecule has 1 aromatic rings. The second-order valence-electron chi connectivity index (χ2n) is 4.66. The summed E-state index contributed by atoms with van der Waals surface area (Å²) in [6.07, 6.45) is 2.50. The Hall–Kier alpha value is -0.980. The highest BCUT2D eigenvalue weighted by Crippen LogP contribution is 2.37. The first-order valence-corrected chi connectivity index (χ1v) is 6.19. The van der Waals surface area contributed by atoms with Crippen molar-refractivity contribution in [1.82, 2.24) is 0 Å². The number of ether oxygens (including phenoxy) is 1. The van der Waals surface area contributed by atoms with Crippen molar-refractivity contribution in [2.24, 2.45) is 0 Å². The largest absolute Gasteiger partial charge is 0.370 e. The highest BCUT2D eigenvalue weighted by molar-refractivity contribution is 5.15. The molecule has 5 heteroatoms. The molecule has 0 amide bonds. The molecule has 0 N–H and O–H groups in total. The quantitative estimate of drug-likeness (QED) is 0.605. The summed E-state index contributed by atoms with van der Waals surface area (Å²) in [5.74, 6) is 0. The fourth-order valence-electron chi connectivity index (χ4n) is 2.29. The SMILES string of the molecule is c1ccc(CCC2(C3CO3)CCOOOO2)cc1. The van der Waals surface area contributed by atoms with Crippen LogP contribution in [0.2, 0.25) is 0 Å². The Morgan fingerprint density at radius 2 is 2.00 bits per heavy atom. The minimum absolute atomic E-state index is 0.0755. The lowest BCUT2D eigenvalue weighted by atomic mass is 9.89. The van der Waals surface area contributed by atoms with Crippen molar-refractivity contribution < 1.29 is 24.6 Å². The molecule has 5 nitrogen and oxygen atoms in total. The van der Waals surface area contributed by atoms with Gasteiger partial charge in [-0.2, -0.15) is 4.89 Å². The van der Waals surface area contributed by atoms with Crippen LogP contribution in [0.1, 0.15) is 18.4 Å². The van der Waals surface area contributed by atoms with E-state index in [-0.39, 0.29) is 6.10 Å². The van der Waals surface area contributed by atoms with Crippen LogP contribution in [-0.2, 0) is 31.0 Å². The fourth-order valence-corrected chi connectivity index (χ4v) is 2.29. The molecule has 0 aliphatic carbocycles. The van der Waals surface area contributed by atoms with Crippen molar-refractivity contribution in [1.29, 1.82) is 0 Å². The lowest BCUT2D eigenvalue weighted by Crippen LogP contribution is -2.39. The van der Waals surface area contributed by atoms with Crippen molar-refractivity contribution >= 4 is 0 Å². The van der Waals surface area contributed by atoms with Gasteiger partial charge in [-0.15, -0.1) is 0 Å². The van der Waals surface area contributed by atoms with Crippen molar-refractivity contribution in [2.45, 2.75) is 31.0 Å². The van der Waals surface area contributed by atoms with Crippen LogP contribution in [0.15, 0.2) is 30.3 Å². The highest BCUT2D eigenvalue weighted by atomic mass is 17.7. The zero-order valence-corrected chi connectivity index (χ0v) is 10.0. The average Bonchev–Trinajstić information content (AvgIpc) is 3.25. The molecule has 0 radical (unpaired) electrons. The summed E-state index contributed by atoms with van der Waals surface area (Å²) < 4.78 is 5.38. The molecule has 0 spiro atoms. The number of hydrogen-bond donors (Lipinski definition) is 0. The fraction of sp³-hybridized carbons (Fsp3) is 0.538. The Morgan fingerprint density at radius 3 is 2.78 bits per heavy atom. The van der Waals surface area contributed by atoms with Crippen LogP contribution in [0.5, 0.6) is 0 Å². The highest BCUT2D eigenvalue weighted by Gasteiger charge is 2.50. The third kappa shape index (κ3) is 2.71. The van der Waals surface area contributed by atoms with Gasteiger partial charge >= 0.3 is 0 Å². The Kier molecular flexibility index (Phi) is 3.58. The first-order chi connectivity index (χ1) is 8.89. The first-order valence-electron chi connectivity index (χ1n) is 6.19. The third-order valence-corrected chi connectivity index (χ3v) is 3.48. The molecule has 98 valence electrons. The van der Waals surface area contributed by atoms with E-state index in [0.717, 1.165) is 12.8 Å². The van der Waals surface area contributed by atoms with E-state index in [9.17, 15) is 0 Å². The van der Waals surface area contributed by atoms with E-state index < -0.39 is 5.60 Å². The molecule has 2 aliphatic heterocycles. The molecule has 1 aromatic carbocycles. The molecule has 0 aromatic heterocycles. The Morgan fingerprint density at radius 1 is 1.17 bits per heavy atom. The van der Waals surface area contributed by atoms with E-state index in [0.29, 0.717) is 19.6 Å². The van der Waals surface area contributed by atoms with Gasteiger partial charge in [0.25, 0.3) is 0 Å². The van der Waals surface area contributed by atoms with Crippen LogP contribution in [0.25, 0.3) is 0 Å². The predicted octanol–water partition coefficient (Wildman–Crippen LogP) is 1.97. The summed E-state index contributed by atoms with van der Waals surface area (Å²) >= 11 is 0. The summed E-state index contributed by atoms with van der Waals surface area (Å²) in [4.78, 5) is 10.1. The van der Waals surface area contributed by atoms with Gasteiger partial charge in [-0.3, -0.25) is 0 Å². The lowest BCUT2D eigenvalue weighted by molar-refractivity contribution is -0.638. The summed E-state index contributed by atoms with van der Waals surface area (Å²) in [5.41, 5.74) is 0.805. The molecule has 0 bridgehead atoms. The maximum absolute atomic E-state index is 5.38. The van der Waals surface area contributed by atoms with Crippen molar-refractivity contribution in [3.05, 3.63) is 35.9 Å². The van der Waals surface area contributed by atoms with E-state index in [1.54, 1.807) is 0 Å². The van der Waals surface area contributed by atoms with E-state index in [1.165, 1.54) is 5.56 Å². The lowest BCUT2D eigenvalue weighted by Gasteiger charge is -2.27. The predicted molar refractivity (Wildman–Crippen MR) is 61.1 cm³/mol. The zero-order chi connectivity index (χ0) is 12.3. The Bertz CT molecular complexity index is 368. The Labute approximate surface area is 105 Å². The summed E-state index contributed by atoms with van der Waals surface area (Å²) in [7, 11) is 0. The molecular formula is C13H16O5. The molecule has 2 heterocycles. The zero-order valence-electron chi connectivity index (χ0n) is 10.0. The van der Waals surface area contributed by atoms with Gasteiger partial charge in [0.15, 0.2) is 0 Å².